The first-order chi connectivity index (χ1) is 14.9. The summed E-state index contributed by atoms with van der Waals surface area (Å²) in [6, 6.07) is 6.21. The summed E-state index contributed by atoms with van der Waals surface area (Å²) in [4.78, 5) is 40.6. The maximum atomic E-state index is 13.0. The molecule has 1 aromatic rings. The lowest BCUT2D eigenvalue weighted by Gasteiger charge is -2.37. The topological polar surface area (TPSA) is 78.5 Å². The van der Waals surface area contributed by atoms with Crippen molar-refractivity contribution in [3.05, 3.63) is 34.9 Å². The van der Waals surface area contributed by atoms with E-state index in [0.717, 1.165) is 32.1 Å². The molecule has 6 nitrogen and oxygen atoms in total. The lowest BCUT2D eigenvalue weighted by atomic mass is 9.87. The number of benzene rings is 1. The second-order valence-corrected chi connectivity index (χ2v) is 9.30. The monoisotopic (exact) mass is 447 g/mol. The van der Waals surface area contributed by atoms with Crippen LogP contribution >= 0.6 is 11.6 Å². The van der Waals surface area contributed by atoms with Gasteiger partial charge in [-0.2, -0.15) is 0 Å². The van der Waals surface area contributed by atoms with Gasteiger partial charge in [-0.3, -0.25) is 14.4 Å². The first kappa shape index (κ1) is 23.6. The minimum Gasteiger partial charge on any atom is -0.352 e. The molecule has 2 fully saturated rings. The largest absolute Gasteiger partial charge is 0.352 e. The molecule has 0 aromatic heterocycles. The molecule has 3 rings (SSSR count). The fourth-order valence-electron chi connectivity index (χ4n) is 4.58. The van der Waals surface area contributed by atoms with E-state index in [-0.39, 0.29) is 35.6 Å². The molecule has 1 saturated carbocycles. The van der Waals surface area contributed by atoms with Crippen LogP contribution in [0.5, 0.6) is 0 Å². The Morgan fingerprint density at radius 2 is 1.71 bits per heavy atom. The van der Waals surface area contributed by atoms with Gasteiger partial charge < -0.3 is 15.5 Å². The normalized spacial score (nSPS) is 19.6. The number of carbonyl (C=O) groups excluding carboxylic acids is 3. The maximum Gasteiger partial charge on any atom is 0.253 e. The van der Waals surface area contributed by atoms with Gasteiger partial charge in [0.2, 0.25) is 11.8 Å². The Labute approximate surface area is 190 Å². The van der Waals surface area contributed by atoms with E-state index in [1.54, 1.807) is 24.3 Å². The molecule has 1 aromatic carbocycles. The third-order valence-electron chi connectivity index (χ3n) is 6.72. The average molecular weight is 448 g/mol. The Balaban J connectivity index is 1.68. The number of hydrogen-bond acceptors (Lipinski definition) is 3. The highest BCUT2D eigenvalue weighted by Gasteiger charge is 2.36. The van der Waals surface area contributed by atoms with Gasteiger partial charge in [-0.05, 0) is 57.1 Å². The number of rotatable bonds is 7. The van der Waals surface area contributed by atoms with Crippen molar-refractivity contribution < 1.29 is 14.4 Å². The molecule has 3 amide bonds. The van der Waals surface area contributed by atoms with E-state index in [4.69, 9.17) is 11.6 Å². The molecule has 0 unspecified atom stereocenters. The van der Waals surface area contributed by atoms with Crippen molar-refractivity contribution in [1.82, 2.24) is 15.5 Å². The van der Waals surface area contributed by atoms with Crippen LogP contribution in [-0.2, 0) is 9.59 Å². The SMILES string of the molecule is CC[C@@H](C)NC(=O)[C@@H](NC(=O)c1ccccc1Cl)C1CCN(C(=O)C2CCCC2)CC1. The Hall–Kier alpha value is -2.08. The fraction of sp³-hybridized carbons (Fsp3) is 0.625. The van der Waals surface area contributed by atoms with E-state index in [9.17, 15) is 14.4 Å². The van der Waals surface area contributed by atoms with Crippen LogP contribution in [0.2, 0.25) is 5.02 Å². The smallest absolute Gasteiger partial charge is 0.253 e. The zero-order valence-electron chi connectivity index (χ0n) is 18.5. The lowest BCUT2D eigenvalue weighted by molar-refractivity contribution is -0.137. The second kappa shape index (κ2) is 11.0. The number of hydrogen-bond donors (Lipinski definition) is 2. The van der Waals surface area contributed by atoms with Crippen LogP contribution in [-0.4, -0.2) is 47.8 Å². The summed E-state index contributed by atoms with van der Waals surface area (Å²) in [7, 11) is 0. The summed E-state index contributed by atoms with van der Waals surface area (Å²) in [5, 5.41) is 6.30. The van der Waals surface area contributed by atoms with E-state index in [1.165, 1.54) is 0 Å². The quantitative estimate of drug-likeness (QED) is 0.667. The molecule has 2 aliphatic rings. The lowest BCUT2D eigenvalue weighted by Crippen LogP contribution is -2.55. The first-order valence-corrected chi connectivity index (χ1v) is 11.9. The Bertz CT molecular complexity index is 786. The number of piperidine rings is 1. The molecule has 1 saturated heterocycles. The van der Waals surface area contributed by atoms with Crippen LogP contribution in [0.15, 0.2) is 24.3 Å². The van der Waals surface area contributed by atoms with E-state index in [0.29, 0.717) is 36.5 Å². The van der Waals surface area contributed by atoms with Gasteiger partial charge in [0.25, 0.3) is 5.91 Å². The van der Waals surface area contributed by atoms with Gasteiger partial charge in [-0.25, -0.2) is 0 Å². The highest BCUT2D eigenvalue weighted by molar-refractivity contribution is 6.33. The molecular weight excluding hydrogens is 414 g/mol. The number of likely N-dealkylation sites (tertiary alicyclic amines) is 1. The molecule has 1 heterocycles. The Morgan fingerprint density at radius 3 is 2.32 bits per heavy atom. The average Bonchev–Trinajstić information content (AvgIpc) is 3.32. The molecule has 7 heteroatoms. The van der Waals surface area contributed by atoms with E-state index >= 15 is 0 Å². The Kier molecular flexibility index (Phi) is 8.35. The zero-order chi connectivity index (χ0) is 22.4. The highest BCUT2D eigenvalue weighted by Crippen LogP contribution is 2.29. The van der Waals surface area contributed by atoms with Crippen LogP contribution in [0.25, 0.3) is 0 Å². The van der Waals surface area contributed by atoms with Crippen molar-refractivity contribution >= 4 is 29.3 Å². The summed E-state index contributed by atoms with van der Waals surface area (Å²) in [5.41, 5.74) is 0.361. The number of carbonyl (C=O) groups is 3. The van der Waals surface area contributed by atoms with Gasteiger partial charge in [-0.15, -0.1) is 0 Å². The fourth-order valence-corrected chi connectivity index (χ4v) is 4.80. The minimum absolute atomic E-state index is 0.0243. The van der Waals surface area contributed by atoms with Gasteiger partial charge in [0.1, 0.15) is 6.04 Å². The standard InChI is InChI=1S/C24H34ClN3O3/c1-3-16(2)26-23(30)21(27-22(29)19-10-6-7-11-20(19)25)17-12-14-28(15-13-17)24(31)18-8-4-5-9-18/h6-7,10-11,16-18,21H,3-5,8-9,12-15H2,1-2H3,(H,26,30)(H,27,29)/t16-,21+/m1/s1. The molecular formula is C24H34ClN3O3. The van der Waals surface area contributed by atoms with Gasteiger partial charge in [0.15, 0.2) is 0 Å². The van der Waals surface area contributed by atoms with E-state index in [2.05, 4.69) is 10.6 Å². The number of nitrogens with one attached hydrogen (secondary N) is 2. The van der Waals surface area contributed by atoms with Gasteiger partial charge >= 0.3 is 0 Å². The third kappa shape index (κ3) is 6.00. The van der Waals surface area contributed by atoms with Crippen molar-refractivity contribution in [1.29, 1.82) is 0 Å². The molecule has 1 aliphatic heterocycles. The Morgan fingerprint density at radius 1 is 1.06 bits per heavy atom. The molecule has 0 bridgehead atoms. The van der Waals surface area contributed by atoms with E-state index < -0.39 is 6.04 Å². The summed E-state index contributed by atoms with van der Waals surface area (Å²) in [6.07, 6.45) is 6.46. The van der Waals surface area contributed by atoms with Gasteiger partial charge in [0.05, 0.1) is 10.6 Å². The molecule has 31 heavy (non-hydrogen) atoms. The van der Waals surface area contributed by atoms with Crippen molar-refractivity contribution in [2.45, 2.75) is 70.9 Å². The molecule has 2 N–H and O–H groups in total. The summed E-state index contributed by atoms with van der Waals surface area (Å²) < 4.78 is 0. The maximum absolute atomic E-state index is 13.0. The van der Waals surface area contributed by atoms with Crippen LogP contribution < -0.4 is 10.6 Å². The van der Waals surface area contributed by atoms with Crippen molar-refractivity contribution in [3.8, 4) is 0 Å². The molecule has 1 aliphatic carbocycles. The summed E-state index contributed by atoms with van der Waals surface area (Å²) >= 11 is 6.19. The minimum atomic E-state index is -0.651. The van der Waals surface area contributed by atoms with E-state index in [1.807, 2.05) is 18.7 Å². The van der Waals surface area contributed by atoms with Crippen molar-refractivity contribution in [2.24, 2.45) is 11.8 Å². The predicted molar refractivity (Wildman–Crippen MR) is 122 cm³/mol. The van der Waals surface area contributed by atoms with Crippen molar-refractivity contribution in [2.75, 3.05) is 13.1 Å². The third-order valence-corrected chi connectivity index (χ3v) is 7.05. The summed E-state index contributed by atoms with van der Waals surface area (Å²) in [5.74, 6) is -0.115. The van der Waals surface area contributed by atoms with Crippen LogP contribution in [0.4, 0.5) is 0 Å². The predicted octanol–water partition coefficient (Wildman–Crippen LogP) is 3.78. The molecule has 2 atom stereocenters. The summed E-state index contributed by atoms with van der Waals surface area (Å²) in [6.45, 7) is 5.23. The van der Waals surface area contributed by atoms with Gasteiger partial charge in [0, 0.05) is 25.0 Å². The molecule has 0 radical (unpaired) electrons. The number of nitrogens with zero attached hydrogens (tertiary/aromatic N) is 1. The molecule has 0 spiro atoms. The molecule has 170 valence electrons. The van der Waals surface area contributed by atoms with Crippen LogP contribution in [0.1, 0.15) is 69.2 Å². The second-order valence-electron chi connectivity index (χ2n) is 8.89. The first-order valence-electron chi connectivity index (χ1n) is 11.5. The zero-order valence-corrected chi connectivity index (χ0v) is 19.3. The van der Waals surface area contributed by atoms with Crippen LogP contribution in [0.3, 0.4) is 0 Å². The number of amides is 3. The van der Waals surface area contributed by atoms with Crippen LogP contribution in [0, 0.1) is 11.8 Å². The van der Waals surface area contributed by atoms with Gasteiger partial charge in [-0.1, -0.05) is 43.5 Å². The highest BCUT2D eigenvalue weighted by atomic mass is 35.5. The van der Waals surface area contributed by atoms with Crippen molar-refractivity contribution in [3.63, 3.8) is 0 Å². The number of halogens is 1.